The van der Waals surface area contributed by atoms with Crippen molar-refractivity contribution in [3.05, 3.63) is 35.9 Å². The molecule has 0 bridgehead atoms. The van der Waals surface area contributed by atoms with Gasteiger partial charge in [-0.05, 0) is 25.8 Å². The van der Waals surface area contributed by atoms with Gasteiger partial charge in [-0.1, -0.05) is 30.3 Å². The first kappa shape index (κ1) is 16.0. The minimum atomic E-state index is -0.101. The van der Waals surface area contributed by atoms with E-state index in [-0.39, 0.29) is 12.5 Å². The lowest BCUT2D eigenvalue weighted by molar-refractivity contribution is -0.119. The Kier molecular flexibility index (Phi) is 7.17. The predicted octanol–water partition coefficient (Wildman–Crippen LogP) is 1.00. The second-order valence-corrected chi connectivity index (χ2v) is 4.43. The number of benzene rings is 1. The van der Waals surface area contributed by atoms with Gasteiger partial charge in [-0.3, -0.25) is 4.79 Å². The molecule has 0 radical (unpaired) electrons. The van der Waals surface area contributed by atoms with Crippen LogP contribution < -0.4 is 11.1 Å². The largest absolute Gasteiger partial charge is 0.370 e. The summed E-state index contributed by atoms with van der Waals surface area (Å²) in [5.74, 6) is 0.323. The van der Waals surface area contributed by atoms with Crippen molar-refractivity contribution in [2.24, 2.45) is 10.7 Å². The number of guanidine groups is 1. The van der Waals surface area contributed by atoms with Crippen molar-refractivity contribution < 1.29 is 4.79 Å². The molecule has 0 aromatic heterocycles. The Balaban J connectivity index is 2.28. The van der Waals surface area contributed by atoms with E-state index in [9.17, 15) is 4.79 Å². The SMILES string of the molecule is CCN(CC)C(N)=NCC(=O)NCCc1ccccc1. The Morgan fingerprint density at radius 1 is 1.25 bits per heavy atom. The molecule has 0 saturated carbocycles. The third kappa shape index (κ3) is 5.73. The van der Waals surface area contributed by atoms with E-state index in [0.29, 0.717) is 12.5 Å². The van der Waals surface area contributed by atoms with Gasteiger partial charge in [-0.2, -0.15) is 0 Å². The third-order valence-electron chi connectivity index (χ3n) is 3.05. The van der Waals surface area contributed by atoms with Crippen molar-refractivity contribution in [2.75, 3.05) is 26.2 Å². The van der Waals surface area contributed by atoms with E-state index in [1.165, 1.54) is 5.56 Å². The van der Waals surface area contributed by atoms with Gasteiger partial charge in [0.2, 0.25) is 5.91 Å². The Morgan fingerprint density at radius 2 is 1.90 bits per heavy atom. The smallest absolute Gasteiger partial charge is 0.241 e. The zero-order chi connectivity index (χ0) is 14.8. The monoisotopic (exact) mass is 276 g/mol. The quantitative estimate of drug-likeness (QED) is 0.576. The predicted molar refractivity (Wildman–Crippen MR) is 82.6 cm³/mol. The van der Waals surface area contributed by atoms with Gasteiger partial charge in [0.15, 0.2) is 5.96 Å². The first-order chi connectivity index (χ1) is 9.67. The van der Waals surface area contributed by atoms with Crippen LogP contribution in [-0.2, 0) is 11.2 Å². The molecule has 3 N–H and O–H groups in total. The maximum absolute atomic E-state index is 11.6. The van der Waals surface area contributed by atoms with Crippen LogP contribution in [0.2, 0.25) is 0 Å². The second kappa shape index (κ2) is 8.96. The number of hydrogen-bond donors (Lipinski definition) is 2. The summed E-state index contributed by atoms with van der Waals surface area (Å²) >= 11 is 0. The van der Waals surface area contributed by atoms with E-state index >= 15 is 0 Å². The van der Waals surface area contributed by atoms with Crippen molar-refractivity contribution in [3.8, 4) is 0 Å². The molecule has 0 aliphatic heterocycles. The highest BCUT2D eigenvalue weighted by Gasteiger charge is 2.04. The van der Waals surface area contributed by atoms with Crippen LogP contribution in [0, 0.1) is 0 Å². The van der Waals surface area contributed by atoms with Gasteiger partial charge < -0.3 is 16.0 Å². The van der Waals surface area contributed by atoms with Gasteiger partial charge in [-0.15, -0.1) is 0 Å². The van der Waals surface area contributed by atoms with E-state index in [2.05, 4.69) is 10.3 Å². The van der Waals surface area contributed by atoms with Gasteiger partial charge >= 0.3 is 0 Å². The Hall–Kier alpha value is -2.04. The lowest BCUT2D eigenvalue weighted by Crippen LogP contribution is -2.38. The molecule has 20 heavy (non-hydrogen) atoms. The molecule has 0 saturated heterocycles. The van der Waals surface area contributed by atoms with Crippen LogP contribution in [-0.4, -0.2) is 42.9 Å². The average Bonchev–Trinajstić information content (AvgIpc) is 2.47. The molecule has 0 aliphatic rings. The zero-order valence-electron chi connectivity index (χ0n) is 12.3. The maximum Gasteiger partial charge on any atom is 0.241 e. The fourth-order valence-electron chi connectivity index (χ4n) is 1.85. The van der Waals surface area contributed by atoms with Crippen LogP contribution in [0.5, 0.6) is 0 Å². The first-order valence-corrected chi connectivity index (χ1v) is 7.02. The highest BCUT2D eigenvalue weighted by molar-refractivity contribution is 5.83. The number of rotatable bonds is 7. The van der Waals surface area contributed by atoms with Crippen LogP contribution in [0.25, 0.3) is 0 Å². The number of carbonyl (C=O) groups excluding carboxylic acids is 1. The first-order valence-electron chi connectivity index (χ1n) is 7.02. The molecule has 1 rings (SSSR count). The number of nitrogens with two attached hydrogens (primary N) is 1. The highest BCUT2D eigenvalue weighted by Crippen LogP contribution is 1.98. The molecule has 1 aromatic rings. The van der Waals surface area contributed by atoms with Crippen molar-refractivity contribution in [1.82, 2.24) is 10.2 Å². The van der Waals surface area contributed by atoms with Crippen LogP contribution in [0.1, 0.15) is 19.4 Å². The number of nitrogens with zero attached hydrogens (tertiary/aromatic N) is 2. The standard InChI is InChI=1S/C15H24N4O/c1-3-19(4-2)15(16)18-12-14(20)17-11-10-13-8-6-5-7-9-13/h5-9H,3-4,10-12H2,1-2H3,(H2,16,18)(H,17,20). The molecule has 5 nitrogen and oxygen atoms in total. The summed E-state index contributed by atoms with van der Waals surface area (Å²) < 4.78 is 0. The second-order valence-electron chi connectivity index (χ2n) is 4.43. The normalized spacial score (nSPS) is 11.2. The van der Waals surface area contributed by atoms with E-state index < -0.39 is 0 Å². The van der Waals surface area contributed by atoms with Crippen LogP contribution in [0.15, 0.2) is 35.3 Å². The van der Waals surface area contributed by atoms with E-state index in [0.717, 1.165) is 19.5 Å². The van der Waals surface area contributed by atoms with Gasteiger partial charge in [0.1, 0.15) is 6.54 Å². The number of hydrogen-bond acceptors (Lipinski definition) is 2. The number of amides is 1. The molecular formula is C15H24N4O. The summed E-state index contributed by atoms with van der Waals surface area (Å²) in [4.78, 5) is 17.7. The molecule has 0 unspecified atom stereocenters. The van der Waals surface area contributed by atoms with E-state index in [4.69, 9.17) is 5.73 Å². The average molecular weight is 276 g/mol. The summed E-state index contributed by atoms with van der Waals surface area (Å²) in [5.41, 5.74) is 7.01. The lowest BCUT2D eigenvalue weighted by atomic mass is 10.1. The van der Waals surface area contributed by atoms with Gasteiger partial charge in [0, 0.05) is 19.6 Å². The van der Waals surface area contributed by atoms with Crippen LogP contribution in [0.3, 0.4) is 0 Å². The molecule has 1 amide bonds. The van der Waals surface area contributed by atoms with Crippen LogP contribution in [0.4, 0.5) is 0 Å². The minimum absolute atomic E-state index is 0.0805. The summed E-state index contributed by atoms with van der Waals surface area (Å²) in [5, 5.41) is 2.84. The summed E-state index contributed by atoms with van der Waals surface area (Å²) in [6.45, 7) is 6.29. The topological polar surface area (TPSA) is 70.7 Å². The summed E-state index contributed by atoms with van der Waals surface area (Å²) in [7, 11) is 0. The molecular weight excluding hydrogens is 252 g/mol. The van der Waals surface area contributed by atoms with E-state index in [1.54, 1.807) is 0 Å². The fraction of sp³-hybridized carbons (Fsp3) is 0.467. The summed E-state index contributed by atoms with van der Waals surface area (Å²) in [6, 6.07) is 10.1. The molecule has 1 aromatic carbocycles. The van der Waals surface area contributed by atoms with Crippen molar-refractivity contribution in [1.29, 1.82) is 0 Å². The zero-order valence-corrected chi connectivity index (χ0v) is 12.3. The van der Waals surface area contributed by atoms with E-state index in [1.807, 2.05) is 49.1 Å². The van der Waals surface area contributed by atoms with Gasteiger partial charge in [0.05, 0.1) is 0 Å². The van der Waals surface area contributed by atoms with Crippen molar-refractivity contribution >= 4 is 11.9 Å². The molecule has 0 atom stereocenters. The minimum Gasteiger partial charge on any atom is -0.370 e. The number of nitrogens with one attached hydrogen (secondary N) is 1. The summed E-state index contributed by atoms with van der Waals surface area (Å²) in [6.07, 6.45) is 0.821. The van der Waals surface area contributed by atoms with Crippen molar-refractivity contribution in [2.45, 2.75) is 20.3 Å². The highest BCUT2D eigenvalue weighted by atomic mass is 16.1. The van der Waals surface area contributed by atoms with Crippen molar-refractivity contribution in [3.63, 3.8) is 0 Å². The third-order valence-corrected chi connectivity index (χ3v) is 3.05. The molecule has 5 heteroatoms. The maximum atomic E-state index is 11.6. The Bertz CT molecular complexity index is 427. The molecule has 0 fully saturated rings. The lowest BCUT2D eigenvalue weighted by Gasteiger charge is -2.19. The van der Waals surface area contributed by atoms with Crippen LogP contribution >= 0.6 is 0 Å². The molecule has 0 aliphatic carbocycles. The Labute approximate surface area is 120 Å². The van der Waals surface area contributed by atoms with Gasteiger partial charge in [0.25, 0.3) is 0 Å². The Morgan fingerprint density at radius 3 is 2.50 bits per heavy atom. The fourth-order valence-corrected chi connectivity index (χ4v) is 1.85. The molecule has 110 valence electrons. The number of aliphatic imine (C=N–C) groups is 1. The van der Waals surface area contributed by atoms with Gasteiger partial charge in [-0.25, -0.2) is 4.99 Å². The number of carbonyl (C=O) groups is 1. The molecule has 0 heterocycles. The molecule has 0 spiro atoms.